The summed E-state index contributed by atoms with van der Waals surface area (Å²) in [6, 6.07) is 3.15. The normalized spacial score (nSPS) is 12.2. The molecule has 0 heterocycles. The third-order valence-corrected chi connectivity index (χ3v) is 2.19. The largest absolute Gasteiger partial charge is 0.508 e. The first-order chi connectivity index (χ1) is 7.54. The fourth-order valence-corrected chi connectivity index (χ4v) is 1.22. The predicted octanol–water partition coefficient (Wildman–Crippen LogP) is 1.18. The minimum Gasteiger partial charge on any atom is -0.508 e. The van der Waals surface area contributed by atoms with Gasteiger partial charge in [-0.15, -0.1) is 0 Å². The molecule has 16 heavy (non-hydrogen) atoms. The number of esters is 1. The Labute approximate surface area is 93.0 Å². The summed E-state index contributed by atoms with van der Waals surface area (Å²) < 4.78 is 17.4. The molecule has 0 fully saturated rings. The molecule has 4 nitrogen and oxygen atoms in total. The summed E-state index contributed by atoms with van der Waals surface area (Å²) in [5.41, 5.74) is 0.399. The van der Waals surface area contributed by atoms with E-state index in [9.17, 15) is 14.3 Å². The van der Waals surface area contributed by atoms with Gasteiger partial charge in [-0.3, -0.25) is 4.79 Å². The molecule has 0 bridgehead atoms. The second-order valence-corrected chi connectivity index (χ2v) is 3.40. The summed E-state index contributed by atoms with van der Waals surface area (Å²) in [6.07, 6.45) is 0. The number of methoxy groups -OCH3 is 1. The van der Waals surface area contributed by atoms with Gasteiger partial charge in [0, 0.05) is 12.1 Å². The first-order valence-corrected chi connectivity index (χ1v) is 4.83. The van der Waals surface area contributed by atoms with Gasteiger partial charge in [0.25, 0.3) is 0 Å². The Bertz CT molecular complexity index is 381. The lowest BCUT2D eigenvalue weighted by Gasteiger charge is -2.12. The molecule has 0 saturated carbocycles. The Balaban J connectivity index is 2.60. The first-order valence-electron chi connectivity index (χ1n) is 4.83. The van der Waals surface area contributed by atoms with Crippen molar-refractivity contribution in [2.45, 2.75) is 19.5 Å². The maximum absolute atomic E-state index is 12.9. The highest BCUT2D eigenvalue weighted by molar-refractivity contribution is 5.75. The van der Waals surface area contributed by atoms with Crippen LogP contribution >= 0.6 is 0 Å². The zero-order valence-corrected chi connectivity index (χ0v) is 9.16. The van der Waals surface area contributed by atoms with E-state index < -0.39 is 17.8 Å². The lowest BCUT2D eigenvalue weighted by atomic mass is 10.2. The molecule has 1 aromatic rings. The van der Waals surface area contributed by atoms with E-state index in [0.29, 0.717) is 5.56 Å². The number of carbonyl (C=O) groups is 1. The predicted molar refractivity (Wildman–Crippen MR) is 56.4 cm³/mol. The third kappa shape index (κ3) is 3.20. The van der Waals surface area contributed by atoms with Gasteiger partial charge in [-0.25, -0.2) is 4.39 Å². The van der Waals surface area contributed by atoms with Crippen LogP contribution in [0.4, 0.5) is 4.39 Å². The fraction of sp³-hybridized carbons (Fsp3) is 0.364. The van der Waals surface area contributed by atoms with Crippen molar-refractivity contribution < 1.29 is 19.0 Å². The van der Waals surface area contributed by atoms with Gasteiger partial charge in [0.05, 0.1) is 7.11 Å². The molecule has 1 aromatic carbocycles. The molecule has 5 heteroatoms. The number of phenolic OH excluding ortho intramolecular Hbond substituents is 1. The number of halogens is 1. The molecule has 0 aliphatic heterocycles. The van der Waals surface area contributed by atoms with Gasteiger partial charge >= 0.3 is 5.97 Å². The zero-order valence-electron chi connectivity index (χ0n) is 9.16. The summed E-state index contributed by atoms with van der Waals surface area (Å²) in [4.78, 5) is 11.1. The second kappa shape index (κ2) is 5.46. The lowest BCUT2D eigenvalue weighted by molar-refractivity contribution is -0.142. The topological polar surface area (TPSA) is 58.6 Å². The molecule has 0 spiro atoms. The van der Waals surface area contributed by atoms with Gasteiger partial charge in [0.1, 0.15) is 17.6 Å². The van der Waals surface area contributed by atoms with Crippen LogP contribution in [0.3, 0.4) is 0 Å². The Kier molecular flexibility index (Phi) is 4.25. The number of aromatic hydroxyl groups is 1. The maximum Gasteiger partial charge on any atom is 0.322 e. The minimum atomic E-state index is -0.507. The van der Waals surface area contributed by atoms with E-state index >= 15 is 0 Å². The molecule has 0 aliphatic carbocycles. The second-order valence-electron chi connectivity index (χ2n) is 3.40. The summed E-state index contributed by atoms with van der Waals surface area (Å²) in [5.74, 6) is -0.845. The van der Waals surface area contributed by atoms with E-state index in [0.717, 1.165) is 0 Å². The number of ether oxygens (including phenoxy) is 1. The van der Waals surface area contributed by atoms with Crippen molar-refractivity contribution in [3.05, 3.63) is 29.6 Å². The fourth-order valence-electron chi connectivity index (χ4n) is 1.22. The van der Waals surface area contributed by atoms with Gasteiger partial charge in [0.2, 0.25) is 0 Å². The van der Waals surface area contributed by atoms with Crippen molar-refractivity contribution in [3.8, 4) is 5.75 Å². The van der Waals surface area contributed by atoms with Crippen molar-refractivity contribution in [2.24, 2.45) is 0 Å². The van der Waals surface area contributed by atoms with Crippen LogP contribution in [0.1, 0.15) is 12.5 Å². The maximum atomic E-state index is 12.9. The smallest absolute Gasteiger partial charge is 0.322 e. The Morgan fingerprint density at radius 2 is 2.31 bits per heavy atom. The van der Waals surface area contributed by atoms with Crippen molar-refractivity contribution in [3.63, 3.8) is 0 Å². The molecular weight excluding hydrogens is 213 g/mol. The van der Waals surface area contributed by atoms with Crippen molar-refractivity contribution in [1.82, 2.24) is 5.32 Å². The van der Waals surface area contributed by atoms with E-state index in [4.69, 9.17) is 0 Å². The Morgan fingerprint density at radius 1 is 1.62 bits per heavy atom. The molecule has 0 aromatic heterocycles. The van der Waals surface area contributed by atoms with Crippen LogP contribution in [0.15, 0.2) is 18.2 Å². The van der Waals surface area contributed by atoms with Crippen molar-refractivity contribution in [1.29, 1.82) is 0 Å². The Morgan fingerprint density at radius 3 is 2.94 bits per heavy atom. The van der Waals surface area contributed by atoms with Crippen LogP contribution in [-0.2, 0) is 16.1 Å². The summed E-state index contributed by atoms with van der Waals surface area (Å²) >= 11 is 0. The molecule has 88 valence electrons. The number of rotatable bonds is 4. The quantitative estimate of drug-likeness (QED) is 0.758. The first kappa shape index (κ1) is 12.4. The van der Waals surface area contributed by atoms with E-state index in [-0.39, 0.29) is 12.3 Å². The van der Waals surface area contributed by atoms with E-state index in [2.05, 4.69) is 10.1 Å². The zero-order chi connectivity index (χ0) is 12.1. The molecule has 1 rings (SSSR count). The molecular formula is C11H14FNO3. The monoisotopic (exact) mass is 227 g/mol. The molecule has 0 saturated heterocycles. The van der Waals surface area contributed by atoms with Crippen LogP contribution in [0.5, 0.6) is 5.75 Å². The molecule has 2 N–H and O–H groups in total. The number of carbonyl (C=O) groups excluding carboxylic acids is 1. The van der Waals surface area contributed by atoms with Crippen molar-refractivity contribution in [2.75, 3.05) is 7.11 Å². The highest BCUT2D eigenvalue weighted by Crippen LogP contribution is 2.17. The van der Waals surface area contributed by atoms with Gasteiger partial charge < -0.3 is 15.2 Å². The van der Waals surface area contributed by atoms with E-state index in [1.807, 2.05) is 0 Å². The molecule has 0 unspecified atom stereocenters. The van der Waals surface area contributed by atoms with Crippen molar-refractivity contribution >= 4 is 5.97 Å². The summed E-state index contributed by atoms with van der Waals surface area (Å²) in [7, 11) is 1.29. The highest BCUT2D eigenvalue weighted by Gasteiger charge is 2.12. The van der Waals surface area contributed by atoms with Crippen LogP contribution in [0.25, 0.3) is 0 Å². The lowest BCUT2D eigenvalue weighted by Crippen LogP contribution is -2.34. The minimum absolute atomic E-state index is 0.00836. The number of hydrogen-bond donors (Lipinski definition) is 2. The third-order valence-electron chi connectivity index (χ3n) is 2.19. The van der Waals surface area contributed by atoms with Gasteiger partial charge in [-0.1, -0.05) is 0 Å². The van der Waals surface area contributed by atoms with E-state index in [1.165, 1.54) is 25.3 Å². The van der Waals surface area contributed by atoms with Crippen LogP contribution in [0, 0.1) is 5.82 Å². The number of nitrogens with one attached hydrogen (secondary N) is 1. The number of phenols is 1. The van der Waals surface area contributed by atoms with Gasteiger partial charge in [-0.2, -0.15) is 0 Å². The average Bonchev–Trinajstić information content (AvgIpc) is 2.28. The Hall–Kier alpha value is -1.62. The summed E-state index contributed by atoms with van der Waals surface area (Å²) in [6.45, 7) is 1.82. The summed E-state index contributed by atoms with van der Waals surface area (Å²) in [5, 5.41) is 12.2. The van der Waals surface area contributed by atoms with Crippen LogP contribution in [-0.4, -0.2) is 24.2 Å². The molecule has 0 aliphatic rings. The molecule has 1 atom stereocenters. The molecule has 0 amide bonds. The standard InChI is InChI=1S/C11H14FNO3/c1-7(11(15)16-2)13-6-8-5-9(12)3-4-10(8)14/h3-5,7,13-14H,6H2,1-2H3/t7-/m0/s1. The van der Waals surface area contributed by atoms with Crippen LogP contribution in [0.2, 0.25) is 0 Å². The highest BCUT2D eigenvalue weighted by atomic mass is 19.1. The van der Waals surface area contributed by atoms with Gasteiger partial charge in [0.15, 0.2) is 0 Å². The number of hydrogen-bond acceptors (Lipinski definition) is 4. The SMILES string of the molecule is COC(=O)[C@H](C)NCc1cc(F)ccc1O. The molecule has 0 radical (unpaired) electrons. The van der Waals surface area contributed by atoms with Crippen LogP contribution < -0.4 is 5.32 Å². The van der Waals surface area contributed by atoms with E-state index in [1.54, 1.807) is 6.92 Å². The van der Waals surface area contributed by atoms with Gasteiger partial charge in [-0.05, 0) is 25.1 Å². The number of benzene rings is 1. The average molecular weight is 227 g/mol.